The summed E-state index contributed by atoms with van der Waals surface area (Å²) >= 11 is 1.70. The molecule has 4 nitrogen and oxygen atoms in total. The summed E-state index contributed by atoms with van der Waals surface area (Å²) in [4.78, 5) is 19.0. The number of primary amides is 1. The Bertz CT molecular complexity index is 705. The number of thiazole rings is 1. The normalized spacial score (nSPS) is 30.2. The lowest BCUT2D eigenvalue weighted by Crippen LogP contribution is -2.59. The zero-order chi connectivity index (χ0) is 14.8. The second kappa shape index (κ2) is 3.97. The number of hydrogen-bond donors (Lipinski definition) is 1. The Labute approximate surface area is 128 Å². The summed E-state index contributed by atoms with van der Waals surface area (Å²) in [5.41, 5.74) is 6.61. The maximum atomic E-state index is 12.0. The van der Waals surface area contributed by atoms with Gasteiger partial charge in [0, 0.05) is 13.1 Å². The molecule has 2 N–H and O–H groups in total. The number of aromatic nitrogens is 1. The minimum atomic E-state index is -0.346. The van der Waals surface area contributed by atoms with E-state index in [1.165, 1.54) is 4.70 Å². The first-order chi connectivity index (χ1) is 9.92. The fourth-order valence-corrected chi connectivity index (χ4v) is 5.34. The van der Waals surface area contributed by atoms with Crippen LogP contribution >= 0.6 is 11.3 Å². The number of carbonyl (C=O) groups is 1. The van der Waals surface area contributed by atoms with Gasteiger partial charge in [0.15, 0.2) is 5.13 Å². The molecule has 2 aliphatic rings. The van der Waals surface area contributed by atoms with Crippen LogP contribution in [0.15, 0.2) is 24.3 Å². The highest BCUT2D eigenvalue weighted by atomic mass is 32.1. The minimum absolute atomic E-state index is 0.143. The van der Waals surface area contributed by atoms with Crippen LogP contribution in [0.25, 0.3) is 10.2 Å². The molecule has 2 fully saturated rings. The summed E-state index contributed by atoms with van der Waals surface area (Å²) in [5, 5.41) is 1.02. The van der Waals surface area contributed by atoms with Gasteiger partial charge < -0.3 is 10.6 Å². The van der Waals surface area contributed by atoms with Crippen LogP contribution in [-0.2, 0) is 4.79 Å². The van der Waals surface area contributed by atoms with Gasteiger partial charge in [-0.05, 0) is 29.9 Å². The summed E-state index contributed by atoms with van der Waals surface area (Å²) in [6.45, 7) is 6.08. The highest BCUT2D eigenvalue weighted by molar-refractivity contribution is 7.22. The van der Waals surface area contributed by atoms with Crippen molar-refractivity contribution in [1.82, 2.24) is 4.98 Å². The van der Waals surface area contributed by atoms with Crippen LogP contribution < -0.4 is 10.6 Å². The molecular weight excluding hydrogens is 282 g/mol. The maximum Gasteiger partial charge on any atom is 0.225 e. The number of nitrogens with zero attached hydrogens (tertiary/aromatic N) is 2. The van der Waals surface area contributed by atoms with Crippen LogP contribution in [0.4, 0.5) is 5.13 Å². The van der Waals surface area contributed by atoms with Crippen molar-refractivity contribution < 1.29 is 4.79 Å². The van der Waals surface area contributed by atoms with Crippen LogP contribution in [0.5, 0.6) is 0 Å². The van der Waals surface area contributed by atoms with Gasteiger partial charge in [0.05, 0.1) is 15.6 Å². The van der Waals surface area contributed by atoms with Crippen molar-refractivity contribution in [2.24, 2.45) is 22.5 Å². The van der Waals surface area contributed by atoms with Crippen molar-refractivity contribution >= 4 is 32.6 Å². The molecule has 0 spiro atoms. The molecule has 0 unspecified atom stereocenters. The molecule has 21 heavy (non-hydrogen) atoms. The molecule has 1 saturated heterocycles. The zero-order valence-corrected chi connectivity index (χ0v) is 13.1. The standard InChI is InChI=1S/C16H19N3OS/c1-15(2)8-16(13(17)20)9-19(7-12(15)16)14-18-10-5-3-4-6-11(10)21-14/h3-6,12H,7-9H2,1-2H3,(H2,17,20)/t12-,16+/m1/s1. The summed E-state index contributed by atoms with van der Waals surface area (Å²) in [6.07, 6.45) is 0.890. The minimum Gasteiger partial charge on any atom is -0.369 e. The first kappa shape index (κ1) is 13.1. The SMILES string of the molecule is CC1(C)C[C@]2(C(N)=O)CN(c3nc4ccccc4s3)C[C@H]12. The lowest BCUT2D eigenvalue weighted by Gasteiger charge is -2.54. The Morgan fingerprint density at radius 3 is 2.81 bits per heavy atom. The van der Waals surface area contributed by atoms with Gasteiger partial charge in [-0.2, -0.15) is 0 Å². The molecule has 2 heterocycles. The summed E-state index contributed by atoms with van der Waals surface area (Å²) < 4.78 is 1.19. The van der Waals surface area contributed by atoms with Crippen LogP contribution in [0.2, 0.25) is 0 Å². The van der Waals surface area contributed by atoms with Crippen molar-refractivity contribution in [2.75, 3.05) is 18.0 Å². The third kappa shape index (κ3) is 1.67. The molecule has 1 aliphatic heterocycles. The number of hydrogen-bond acceptors (Lipinski definition) is 4. The quantitative estimate of drug-likeness (QED) is 0.927. The lowest BCUT2D eigenvalue weighted by molar-refractivity contribution is -0.148. The van der Waals surface area contributed by atoms with Crippen molar-refractivity contribution in [1.29, 1.82) is 0 Å². The van der Waals surface area contributed by atoms with Gasteiger partial charge in [0.1, 0.15) is 0 Å². The fourth-order valence-electron chi connectivity index (χ4n) is 4.37. The number of rotatable bonds is 2. The predicted octanol–water partition coefficient (Wildman–Crippen LogP) is 2.63. The van der Waals surface area contributed by atoms with Gasteiger partial charge in [0.25, 0.3) is 0 Å². The van der Waals surface area contributed by atoms with Gasteiger partial charge in [-0.15, -0.1) is 0 Å². The van der Waals surface area contributed by atoms with Crippen LogP contribution in [-0.4, -0.2) is 24.0 Å². The Morgan fingerprint density at radius 2 is 2.19 bits per heavy atom. The second-order valence-electron chi connectivity index (χ2n) is 7.08. The fraction of sp³-hybridized carbons (Fsp3) is 0.500. The smallest absolute Gasteiger partial charge is 0.225 e. The summed E-state index contributed by atoms with van der Waals surface area (Å²) in [5.74, 6) is 0.199. The number of benzene rings is 1. The monoisotopic (exact) mass is 301 g/mol. The number of para-hydroxylation sites is 1. The number of amides is 1. The van der Waals surface area contributed by atoms with Gasteiger partial charge in [0.2, 0.25) is 5.91 Å². The number of fused-ring (bicyclic) bond motifs is 2. The van der Waals surface area contributed by atoms with E-state index in [1.807, 2.05) is 18.2 Å². The van der Waals surface area contributed by atoms with E-state index in [-0.39, 0.29) is 16.7 Å². The summed E-state index contributed by atoms with van der Waals surface area (Å²) in [6, 6.07) is 8.17. The molecule has 0 radical (unpaired) electrons. The molecule has 4 rings (SSSR count). The van der Waals surface area contributed by atoms with E-state index >= 15 is 0 Å². The third-order valence-electron chi connectivity index (χ3n) is 5.30. The van der Waals surface area contributed by atoms with E-state index in [4.69, 9.17) is 10.7 Å². The average Bonchev–Trinajstić information content (AvgIpc) is 2.97. The summed E-state index contributed by atoms with van der Waals surface area (Å²) in [7, 11) is 0. The largest absolute Gasteiger partial charge is 0.369 e. The van der Waals surface area contributed by atoms with E-state index in [2.05, 4.69) is 24.8 Å². The van der Waals surface area contributed by atoms with E-state index in [9.17, 15) is 4.79 Å². The molecule has 1 aliphatic carbocycles. The van der Waals surface area contributed by atoms with Gasteiger partial charge in [-0.3, -0.25) is 4.79 Å². The molecule has 0 bridgehead atoms. The van der Waals surface area contributed by atoms with E-state index in [1.54, 1.807) is 11.3 Å². The van der Waals surface area contributed by atoms with Crippen LogP contribution in [0, 0.1) is 16.7 Å². The Morgan fingerprint density at radius 1 is 1.43 bits per heavy atom. The molecule has 2 aromatic rings. The predicted molar refractivity (Wildman–Crippen MR) is 85.3 cm³/mol. The Balaban J connectivity index is 1.70. The van der Waals surface area contributed by atoms with Crippen molar-refractivity contribution in [3.8, 4) is 0 Å². The lowest BCUT2D eigenvalue weighted by atomic mass is 9.48. The van der Waals surface area contributed by atoms with E-state index in [0.29, 0.717) is 5.92 Å². The topological polar surface area (TPSA) is 59.2 Å². The Kier molecular flexibility index (Phi) is 2.47. The number of nitrogens with two attached hydrogens (primary N) is 1. The van der Waals surface area contributed by atoms with Gasteiger partial charge in [-0.1, -0.05) is 37.3 Å². The van der Waals surface area contributed by atoms with Gasteiger partial charge in [-0.25, -0.2) is 4.98 Å². The van der Waals surface area contributed by atoms with Crippen molar-refractivity contribution in [3.05, 3.63) is 24.3 Å². The zero-order valence-electron chi connectivity index (χ0n) is 12.3. The molecule has 5 heteroatoms. The second-order valence-corrected chi connectivity index (χ2v) is 8.09. The molecule has 1 aromatic carbocycles. The highest BCUT2D eigenvalue weighted by Gasteiger charge is 2.66. The maximum absolute atomic E-state index is 12.0. The van der Waals surface area contributed by atoms with Crippen molar-refractivity contribution in [3.63, 3.8) is 0 Å². The van der Waals surface area contributed by atoms with Crippen molar-refractivity contribution in [2.45, 2.75) is 20.3 Å². The highest BCUT2D eigenvalue weighted by Crippen LogP contribution is 2.63. The molecule has 2 atom stereocenters. The van der Waals surface area contributed by atoms with Crippen LogP contribution in [0.3, 0.4) is 0 Å². The molecular formula is C16H19N3OS. The van der Waals surface area contributed by atoms with E-state index in [0.717, 1.165) is 30.2 Å². The number of carbonyl (C=O) groups excluding carboxylic acids is 1. The molecule has 110 valence electrons. The third-order valence-corrected chi connectivity index (χ3v) is 6.40. The van der Waals surface area contributed by atoms with Crippen LogP contribution in [0.1, 0.15) is 20.3 Å². The average molecular weight is 301 g/mol. The Hall–Kier alpha value is -1.62. The van der Waals surface area contributed by atoms with Gasteiger partial charge >= 0.3 is 0 Å². The number of anilines is 1. The first-order valence-electron chi connectivity index (χ1n) is 7.33. The molecule has 1 amide bonds. The van der Waals surface area contributed by atoms with E-state index < -0.39 is 0 Å². The first-order valence-corrected chi connectivity index (χ1v) is 8.14. The molecule has 1 aromatic heterocycles. The molecule has 1 saturated carbocycles.